The zero-order chi connectivity index (χ0) is 14.1. The van der Waals surface area contributed by atoms with Gasteiger partial charge in [0.05, 0.1) is 5.69 Å². The van der Waals surface area contributed by atoms with Gasteiger partial charge in [-0.1, -0.05) is 0 Å². The first-order valence-electron chi connectivity index (χ1n) is 7.24. The fourth-order valence-corrected chi connectivity index (χ4v) is 3.65. The highest BCUT2D eigenvalue weighted by atomic mass is 32.1. The maximum absolute atomic E-state index is 12.3. The van der Waals surface area contributed by atoms with Crippen LogP contribution in [-0.4, -0.2) is 54.7 Å². The van der Waals surface area contributed by atoms with E-state index in [1.54, 1.807) is 11.3 Å². The van der Waals surface area contributed by atoms with Crippen molar-refractivity contribution < 1.29 is 9.53 Å². The molecule has 2 saturated heterocycles. The topological polar surface area (TPSA) is 45.7 Å². The maximum atomic E-state index is 12.3. The summed E-state index contributed by atoms with van der Waals surface area (Å²) in [7, 11) is 0. The van der Waals surface area contributed by atoms with Gasteiger partial charge in [-0.25, -0.2) is 4.98 Å². The number of piperazine rings is 1. The van der Waals surface area contributed by atoms with Gasteiger partial charge in [-0.15, -0.1) is 11.3 Å². The second kappa shape index (κ2) is 5.69. The van der Waals surface area contributed by atoms with Crippen LogP contribution in [0.4, 0.5) is 5.13 Å². The Balaban J connectivity index is 1.57. The Labute approximate surface area is 123 Å². The minimum Gasteiger partial charge on any atom is -0.368 e. The molecular weight excluding hydrogens is 274 g/mol. The summed E-state index contributed by atoms with van der Waals surface area (Å²) in [6.45, 7) is 8.16. The number of thiazole rings is 1. The molecule has 1 aromatic rings. The lowest BCUT2D eigenvalue weighted by molar-refractivity contribution is -0.141. The highest BCUT2D eigenvalue weighted by Gasteiger charge is 2.30. The third kappa shape index (κ3) is 2.67. The van der Waals surface area contributed by atoms with E-state index in [0.717, 1.165) is 56.5 Å². The van der Waals surface area contributed by atoms with Gasteiger partial charge in [-0.3, -0.25) is 4.79 Å². The zero-order valence-electron chi connectivity index (χ0n) is 12.1. The first-order valence-corrected chi connectivity index (χ1v) is 8.06. The van der Waals surface area contributed by atoms with Crippen molar-refractivity contribution in [1.82, 2.24) is 9.88 Å². The smallest absolute Gasteiger partial charge is 0.251 e. The number of hydrogen-bond acceptors (Lipinski definition) is 5. The van der Waals surface area contributed by atoms with Crippen LogP contribution in [0.3, 0.4) is 0 Å². The molecule has 3 rings (SSSR count). The van der Waals surface area contributed by atoms with Gasteiger partial charge >= 0.3 is 0 Å². The van der Waals surface area contributed by atoms with Crippen LogP contribution in [0, 0.1) is 13.8 Å². The summed E-state index contributed by atoms with van der Waals surface area (Å²) in [5.74, 6) is 0.175. The summed E-state index contributed by atoms with van der Waals surface area (Å²) in [5.41, 5.74) is 1.11. The predicted molar refractivity (Wildman–Crippen MR) is 79.4 cm³/mol. The summed E-state index contributed by atoms with van der Waals surface area (Å²) in [6, 6.07) is 0. The average Bonchev–Trinajstić information content (AvgIpc) is 3.09. The Hall–Kier alpha value is -1.14. The first-order chi connectivity index (χ1) is 9.65. The second-order valence-electron chi connectivity index (χ2n) is 5.45. The van der Waals surface area contributed by atoms with E-state index in [1.165, 1.54) is 4.88 Å². The number of nitrogens with zero attached hydrogens (tertiary/aromatic N) is 3. The summed E-state index contributed by atoms with van der Waals surface area (Å²) < 4.78 is 5.48. The largest absolute Gasteiger partial charge is 0.368 e. The van der Waals surface area contributed by atoms with E-state index in [2.05, 4.69) is 16.8 Å². The molecule has 3 heterocycles. The molecule has 2 fully saturated rings. The molecule has 0 saturated carbocycles. The maximum Gasteiger partial charge on any atom is 0.251 e. The van der Waals surface area contributed by atoms with Gasteiger partial charge in [-0.2, -0.15) is 0 Å². The summed E-state index contributed by atoms with van der Waals surface area (Å²) in [4.78, 5) is 22.4. The summed E-state index contributed by atoms with van der Waals surface area (Å²) in [6.07, 6.45) is 1.70. The van der Waals surface area contributed by atoms with Crippen LogP contribution in [0.15, 0.2) is 0 Å². The minimum atomic E-state index is -0.189. The van der Waals surface area contributed by atoms with Crippen LogP contribution in [0.1, 0.15) is 23.4 Å². The average molecular weight is 295 g/mol. The lowest BCUT2D eigenvalue weighted by atomic mass is 10.2. The van der Waals surface area contributed by atoms with Crippen molar-refractivity contribution in [3.63, 3.8) is 0 Å². The second-order valence-corrected chi connectivity index (χ2v) is 6.63. The normalized spacial score (nSPS) is 23.4. The van der Waals surface area contributed by atoms with E-state index in [4.69, 9.17) is 4.74 Å². The molecule has 0 aliphatic carbocycles. The highest BCUT2D eigenvalue weighted by Crippen LogP contribution is 2.26. The molecule has 0 aromatic carbocycles. The number of carbonyl (C=O) groups is 1. The van der Waals surface area contributed by atoms with Crippen LogP contribution in [0.2, 0.25) is 0 Å². The molecule has 1 aromatic heterocycles. The van der Waals surface area contributed by atoms with Crippen LogP contribution in [-0.2, 0) is 9.53 Å². The van der Waals surface area contributed by atoms with Crippen LogP contribution < -0.4 is 4.90 Å². The molecule has 20 heavy (non-hydrogen) atoms. The van der Waals surface area contributed by atoms with Gasteiger partial charge in [-0.05, 0) is 26.7 Å². The van der Waals surface area contributed by atoms with Gasteiger partial charge in [0, 0.05) is 37.7 Å². The molecule has 6 heteroatoms. The number of aryl methyl sites for hydroxylation is 2. The van der Waals surface area contributed by atoms with Crippen LogP contribution in [0.25, 0.3) is 0 Å². The number of carbonyl (C=O) groups excluding carboxylic acids is 1. The third-order valence-electron chi connectivity index (χ3n) is 4.08. The van der Waals surface area contributed by atoms with E-state index in [-0.39, 0.29) is 12.0 Å². The molecule has 0 radical (unpaired) electrons. The molecule has 2 aliphatic heterocycles. The van der Waals surface area contributed by atoms with Crippen molar-refractivity contribution in [2.75, 3.05) is 37.7 Å². The number of anilines is 1. The molecule has 0 bridgehead atoms. The fraction of sp³-hybridized carbons (Fsp3) is 0.714. The van der Waals surface area contributed by atoms with Crippen molar-refractivity contribution in [1.29, 1.82) is 0 Å². The number of hydrogen-bond donors (Lipinski definition) is 0. The van der Waals surface area contributed by atoms with Crippen LogP contribution >= 0.6 is 11.3 Å². The lowest BCUT2D eigenvalue weighted by Gasteiger charge is -2.35. The molecule has 0 N–H and O–H groups in total. The molecule has 5 nitrogen and oxygen atoms in total. The minimum absolute atomic E-state index is 0.175. The number of amides is 1. The van der Waals surface area contributed by atoms with Gasteiger partial charge in [0.25, 0.3) is 5.91 Å². The molecule has 1 atom stereocenters. The number of aromatic nitrogens is 1. The Morgan fingerprint density at radius 2 is 2.05 bits per heavy atom. The van der Waals surface area contributed by atoms with Crippen molar-refractivity contribution in [2.24, 2.45) is 0 Å². The molecule has 110 valence electrons. The molecule has 2 aliphatic rings. The first kappa shape index (κ1) is 13.8. The van der Waals surface area contributed by atoms with Gasteiger partial charge in [0.1, 0.15) is 6.10 Å². The predicted octanol–water partition coefficient (Wildman–Crippen LogP) is 1.59. The van der Waals surface area contributed by atoms with Gasteiger partial charge in [0.2, 0.25) is 0 Å². The van der Waals surface area contributed by atoms with Crippen molar-refractivity contribution in [3.8, 4) is 0 Å². The Morgan fingerprint density at radius 1 is 1.30 bits per heavy atom. The SMILES string of the molecule is Cc1nc(N2CCN(C(=O)C3CCCO3)CC2)sc1C. The number of rotatable bonds is 2. The van der Waals surface area contributed by atoms with Crippen molar-refractivity contribution >= 4 is 22.4 Å². The molecule has 1 unspecified atom stereocenters. The van der Waals surface area contributed by atoms with E-state index < -0.39 is 0 Å². The Kier molecular flexibility index (Phi) is 3.94. The third-order valence-corrected chi connectivity index (χ3v) is 5.22. The molecular formula is C14H21N3O2S. The van der Waals surface area contributed by atoms with E-state index in [9.17, 15) is 4.79 Å². The number of ether oxygens (including phenoxy) is 1. The Bertz CT molecular complexity index is 469. The van der Waals surface area contributed by atoms with Crippen molar-refractivity contribution in [3.05, 3.63) is 10.6 Å². The van der Waals surface area contributed by atoms with E-state index in [1.807, 2.05) is 11.8 Å². The molecule has 1 amide bonds. The summed E-state index contributed by atoms with van der Waals surface area (Å²) >= 11 is 1.74. The van der Waals surface area contributed by atoms with Crippen molar-refractivity contribution in [2.45, 2.75) is 32.8 Å². The quantitative estimate of drug-likeness (QED) is 0.831. The van der Waals surface area contributed by atoms with E-state index >= 15 is 0 Å². The summed E-state index contributed by atoms with van der Waals surface area (Å²) in [5, 5.41) is 1.09. The fourth-order valence-electron chi connectivity index (χ4n) is 2.69. The van der Waals surface area contributed by atoms with E-state index in [0.29, 0.717) is 0 Å². The molecule has 0 spiro atoms. The zero-order valence-corrected chi connectivity index (χ0v) is 12.9. The lowest BCUT2D eigenvalue weighted by Crippen LogP contribution is -2.51. The van der Waals surface area contributed by atoms with Gasteiger partial charge in [0.15, 0.2) is 5.13 Å². The standard InChI is InChI=1S/C14H21N3O2S/c1-10-11(2)20-14(15-10)17-7-5-16(6-8-17)13(18)12-4-3-9-19-12/h12H,3-9H2,1-2H3. The Morgan fingerprint density at radius 3 is 2.60 bits per heavy atom. The van der Waals surface area contributed by atoms with Crippen LogP contribution in [0.5, 0.6) is 0 Å². The highest BCUT2D eigenvalue weighted by molar-refractivity contribution is 7.15. The van der Waals surface area contributed by atoms with Gasteiger partial charge < -0.3 is 14.5 Å². The monoisotopic (exact) mass is 295 g/mol.